The van der Waals surface area contributed by atoms with E-state index in [0.29, 0.717) is 17.3 Å². The average molecular weight is 345 g/mol. The highest BCUT2D eigenvalue weighted by atomic mass is 32.2. The number of hydrogen-bond donors (Lipinski definition) is 1. The van der Waals surface area contributed by atoms with Crippen molar-refractivity contribution in [3.05, 3.63) is 17.0 Å². The molecule has 124 valence electrons. The molecule has 1 fully saturated rings. The zero-order valence-corrected chi connectivity index (χ0v) is 14.8. The maximum absolute atomic E-state index is 12.5. The number of carbonyl (C=O) groups excluding carboxylic acids is 1. The lowest BCUT2D eigenvalue weighted by molar-refractivity contribution is -0.121. The summed E-state index contributed by atoms with van der Waals surface area (Å²) in [4.78, 5) is 12.7. The fourth-order valence-corrected chi connectivity index (χ4v) is 5.44. The van der Waals surface area contributed by atoms with Crippen LogP contribution in [0.1, 0.15) is 44.4 Å². The smallest absolute Gasteiger partial charge is 0.252 e. The summed E-state index contributed by atoms with van der Waals surface area (Å²) in [6.45, 7) is 5.17. The fraction of sp³-hybridized carbons (Fsp3) is 0.667. The van der Waals surface area contributed by atoms with Crippen LogP contribution in [-0.4, -0.2) is 37.8 Å². The first kappa shape index (κ1) is 17.4. The Morgan fingerprint density at radius 1 is 1.32 bits per heavy atom. The predicted molar refractivity (Wildman–Crippen MR) is 88.5 cm³/mol. The van der Waals surface area contributed by atoms with Crippen molar-refractivity contribution in [2.75, 3.05) is 13.1 Å². The average Bonchev–Trinajstić information content (AvgIpc) is 2.97. The Bertz CT molecular complexity index is 604. The molecule has 1 aromatic rings. The molecule has 0 radical (unpaired) electrons. The lowest BCUT2D eigenvalue weighted by Crippen LogP contribution is -2.35. The van der Waals surface area contributed by atoms with Crippen LogP contribution in [0.2, 0.25) is 0 Å². The van der Waals surface area contributed by atoms with Crippen molar-refractivity contribution in [1.82, 2.24) is 9.62 Å². The van der Waals surface area contributed by atoms with Crippen LogP contribution in [0.25, 0.3) is 0 Å². The number of thiophene rings is 1. The van der Waals surface area contributed by atoms with Gasteiger partial charge in [0.25, 0.3) is 10.0 Å². The van der Waals surface area contributed by atoms with E-state index in [1.807, 2.05) is 13.8 Å². The van der Waals surface area contributed by atoms with Crippen LogP contribution in [-0.2, 0) is 21.2 Å². The number of amides is 1. The summed E-state index contributed by atoms with van der Waals surface area (Å²) >= 11 is 1.21. The van der Waals surface area contributed by atoms with E-state index in [4.69, 9.17) is 0 Å². The second-order valence-electron chi connectivity index (χ2n) is 5.74. The second-order valence-corrected chi connectivity index (χ2v) is 9.07. The van der Waals surface area contributed by atoms with E-state index < -0.39 is 10.0 Å². The van der Waals surface area contributed by atoms with E-state index in [0.717, 1.165) is 30.6 Å². The number of piperidine rings is 1. The van der Waals surface area contributed by atoms with Gasteiger partial charge in [-0.25, -0.2) is 8.42 Å². The number of carbonyl (C=O) groups is 1. The topological polar surface area (TPSA) is 66.5 Å². The summed E-state index contributed by atoms with van der Waals surface area (Å²) in [6.07, 6.45) is 4.07. The monoisotopic (exact) mass is 344 g/mol. The highest BCUT2D eigenvalue weighted by molar-refractivity contribution is 7.91. The van der Waals surface area contributed by atoms with Crippen LogP contribution in [0.4, 0.5) is 0 Å². The normalized spacial score (nSPS) is 18.1. The first-order valence-corrected chi connectivity index (χ1v) is 10.1. The number of rotatable bonds is 6. The minimum Gasteiger partial charge on any atom is -0.353 e. The molecule has 0 aromatic carbocycles. The number of nitrogens with one attached hydrogen (secondary N) is 1. The molecule has 2 rings (SSSR count). The summed E-state index contributed by atoms with van der Waals surface area (Å²) in [5.74, 6) is -0.0573. The summed E-state index contributed by atoms with van der Waals surface area (Å²) in [5, 5.41) is 2.90. The molecule has 1 aliphatic rings. The summed E-state index contributed by atoms with van der Waals surface area (Å²) in [6, 6.07) is 3.52. The van der Waals surface area contributed by atoms with Gasteiger partial charge >= 0.3 is 0 Å². The number of nitrogens with zero attached hydrogens (tertiary/aromatic N) is 1. The second kappa shape index (κ2) is 7.57. The molecule has 0 aliphatic carbocycles. The highest BCUT2D eigenvalue weighted by Crippen LogP contribution is 2.27. The van der Waals surface area contributed by atoms with Crippen molar-refractivity contribution < 1.29 is 13.2 Å². The van der Waals surface area contributed by atoms with Crippen LogP contribution in [0.3, 0.4) is 0 Å². The Hall–Kier alpha value is -0.920. The van der Waals surface area contributed by atoms with Crippen LogP contribution in [0.15, 0.2) is 16.3 Å². The van der Waals surface area contributed by atoms with Crippen molar-refractivity contribution in [3.63, 3.8) is 0 Å². The van der Waals surface area contributed by atoms with Crippen molar-refractivity contribution in [2.24, 2.45) is 0 Å². The van der Waals surface area contributed by atoms with E-state index in [1.54, 1.807) is 16.4 Å². The van der Waals surface area contributed by atoms with E-state index in [1.165, 1.54) is 11.3 Å². The van der Waals surface area contributed by atoms with Gasteiger partial charge in [-0.15, -0.1) is 11.3 Å². The standard InChI is InChI=1S/C15H24N2O3S2/c1-3-12(2)16-14(18)11-13-7-8-15(21-13)22(19,20)17-9-5-4-6-10-17/h7-8,12H,3-6,9-11H2,1-2H3,(H,16,18). The van der Waals surface area contributed by atoms with E-state index in [9.17, 15) is 13.2 Å². The van der Waals surface area contributed by atoms with Crippen LogP contribution in [0.5, 0.6) is 0 Å². The van der Waals surface area contributed by atoms with Gasteiger partial charge in [0.15, 0.2) is 0 Å². The molecule has 0 bridgehead atoms. The molecule has 1 unspecified atom stereocenters. The SMILES string of the molecule is CCC(C)NC(=O)Cc1ccc(S(=O)(=O)N2CCCCC2)s1. The molecule has 2 heterocycles. The van der Waals surface area contributed by atoms with Crippen molar-refractivity contribution >= 4 is 27.3 Å². The predicted octanol–water partition coefficient (Wildman–Crippen LogP) is 2.38. The number of sulfonamides is 1. The van der Waals surface area contributed by atoms with Crippen LogP contribution >= 0.6 is 11.3 Å². The van der Waals surface area contributed by atoms with E-state index >= 15 is 0 Å². The van der Waals surface area contributed by atoms with Crippen LogP contribution in [0, 0.1) is 0 Å². The molecule has 22 heavy (non-hydrogen) atoms. The van der Waals surface area contributed by atoms with E-state index in [2.05, 4.69) is 5.32 Å². The van der Waals surface area contributed by atoms with Crippen molar-refractivity contribution in [1.29, 1.82) is 0 Å². The third-order valence-corrected chi connectivity index (χ3v) is 7.35. The van der Waals surface area contributed by atoms with Gasteiger partial charge in [0.1, 0.15) is 4.21 Å². The lowest BCUT2D eigenvalue weighted by atomic mass is 10.2. The Kier molecular flexibility index (Phi) is 6.00. The third-order valence-electron chi connectivity index (χ3n) is 3.90. The van der Waals surface area contributed by atoms with Crippen molar-refractivity contribution in [3.8, 4) is 0 Å². The Morgan fingerprint density at radius 3 is 2.64 bits per heavy atom. The number of hydrogen-bond acceptors (Lipinski definition) is 4. The minimum absolute atomic E-state index is 0.0573. The molecule has 1 saturated heterocycles. The molecular weight excluding hydrogens is 320 g/mol. The molecule has 1 aromatic heterocycles. The fourth-order valence-electron chi connectivity index (χ4n) is 2.41. The first-order chi connectivity index (χ1) is 10.4. The van der Waals surface area contributed by atoms with E-state index in [-0.39, 0.29) is 18.4 Å². The van der Waals surface area contributed by atoms with Gasteiger partial charge in [-0.2, -0.15) is 4.31 Å². The molecule has 0 saturated carbocycles. The summed E-state index contributed by atoms with van der Waals surface area (Å²) in [7, 11) is -3.38. The molecule has 1 N–H and O–H groups in total. The van der Waals surface area contributed by atoms with Gasteiger partial charge in [-0.05, 0) is 38.3 Å². The Balaban J connectivity index is 2.02. The highest BCUT2D eigenvalue weighted by Gasteiger charge is 2.27. The molecule has 1 aliphatic heterocycles. The van der Waals surface area contributed by atoms with Gasteiger partial charge in [-0.3, -0.25) is 4.79 Å². The summed E-state index contributed by atoms with van der Waals surface area (Å²) < 4.78 is 27.0. The quantitative estimate of drug-likeness (QED) is 0.861. The van der Waals surface area contributed by atoms with Gasteiger partial charge in [0.05, 0.1) is 6.42 Å². The molecule has 1 atom stereocenters. The van der Waals surface area contributed by atoms with Crippen molar-refractivity contribution in [2.45, 2.75) is 56.2 Å². The molecule has 5 nitrogen and oxygen atoms in total. The van der Waals surface area contributed by atoms with Gasteiger partial charge in [-0.1, -0.05) is 13.3 Å². The largest absolute Gasteiger partial charge is 0.353 e. The Labute approximate surface area is 136 Å². The van der Waals surface area contributed by atoms with Crippen LogP contribution < -0.4 is 5.32 Å². The third kappa shape index (κ3) is 4.30. The maximum atomic E-state index is 12.5. The Morgan fingerprint density at radius 2 is 2.00 bits per heavy atom. The molecule has 0 spiro atoms. The minimum atomic E-state index is -3.38. The molecule has 7 heteroatoms. The van der Waals surface area contributed by atoms with Gasteiger partial charge in [0.2, 0.25) is 5.91 Å². The molecule has 1 amide bonds. The lowest BCUT2D eigenvalue weighted by Gasteiger charge is -2.25. The first-order valence-electron chi connectivity index (χ1n) is 7.81. The maximum Gasteiger partial charge on any atom is 0.252 e. The van der Waals surface area contributed by atoms with Gasteiger partial charge < -0.3 is 5.32 Å². The van der Waals surface area contributed by atoms with Gasteiger partial charge in [0, 0.05) is 24.0 Å². The zero-order valence-electron chi connectivity index (χ0n) is 13.2. The molecular formula is C15H24N2O3S2. The zero-order chi connectivity index (χ0) is 16.2. The summed E-state index contributed by atoms with van der Waals surface area (Å²) in [5.41, 5.74) is 0.